The van der Waals surface area contributed by atoms with E-state index in [1.54, 1.807) is 12.1 Å². The SMILES string of the molecule is COc1ccc(NC(C)=O)cc1NS(=O)(=O)c1cccc(C(C)=O)c1. The van der Waals surface area contributed by atoms with Gasteiger partial charge in [-0.05, 0) is 37.3 Å². The average molecular weight is 362 g/mol. The van der Waals surface area contributed by atoms with Crippen molar-refractivity contribution in [2.45, 2.75) is 18.7 Å². The first-order chi connectivity index (χ1) is 11.7. The van der Waals surface area contributed by atoms with E-state index in [1.807, 2.05) is 0 Å². The maximum atomic E-state index is 12.6. The molecule has 0 heterocycles. The van der Waals surface area contributed by atoms with Gasteiger partial charge in [0.1, 0.15) is 5.75 Å². The van der Waals surface area contributed by atoms with E-state index in [-0.39, 0.29) is 22.3 Å². The van der Waals surface area contributed by atoms with Crippen LogP contribution in [0.1, 0.15) is 24.2 Å². The molecule has 0 aliphatic heterocycles. The Morgan fingerprint density at radius 2 is 1.76 bits per heavy atom. The van der Waals surface area contributed by atoms with Gasteiger partial charge in [0.05, 0.1) is 17.7 Å². The fraction of sp³-hybridized carbons (Fsp3) is 0.176. The number of rotatable bonds is 6. The topological polar surface area (TPSA) is 102 Å². The van der Waals surface area contributed by atoms with Crippen LogP contribution < -0.4 is 14.8 Å². The second-order valence-electron chi connectivity index (χ2n) is 5.29. The van der Waals surface area contributed by atoms with E-state index in [4.69, 9.17) is 4.74 Å². The number of sulfonamides is 1. The lowest BCUT2D eigenvalue weighted by Gasteiger charge is -2.14. The Kier molecular flexibility index (Phi) is 5.43. The van der Waals surface area contributed by atoms with Crippen molar-refractivity contribution in [3.8, 4) is 5.75 Å². The number of anilines is 2. The van der Waals surface area contributed by atoms with Crippen LogP contribution in [0.2, 0.25) is 0 Å². The zero-order valence-corrected chi connectivity index (χ0v) is 14.8. The third kappa shape index (κ3) is 4.57. The van der Waals surface area contributed by atoms with E-state index in [1.165, 1.54) is 51.3 Å². The highest BCUT2D eigenvalue weighted by atomic mass is 32.2. The van der Waals surface area contributed by atoms with Crippen LogP contribution in [0, 0.1) is 0 Å². The monoisotopic (exact) mass is 362 g/mol. The van der Waals surface area contributed by atoms with Crippen molar-refractivity contribution in [2.24, 2.45) is 0 Å². The number of ether oxygens (including phenoxy) is 1. The summed E-state index contributed by atoms with van der Waals surface area (Å²) in [5.41, 5.74) is 0.882. The van der Waals surface area contributed by atoms with E-state index >= 15 is 0 Å². The van der Waals surface area contributed by atoms with Crippen LogP contribution in [-0.4, -0.2) is 27.2 Å². The second kappa shape index (κ2) is 7.35. The van der Waals surface area contributed by atoms with Gasteiger partial charge in [-0.2, -0.15) is 0 Å². The Morgan fingerprint density at radius 1 is 1.04 bits per heavy atom. The molecule has 1 amide bonds. The second-order valence-corrected chi connectivity index (χ2v) is 6.97. The van der Waals surface area contributed by atoms with Gasteiger partial charge in [0.15, 0.2) is 5.78 Å². The highest BCUT2D eigenvalue weighted by Crippen LogP contribution is 2.30. The minimum Gasteiger partial charge on any atom is -0.495 e. The molecule has 0 aromatic heterocycles. The van der Waals surface area contributed by atoms with Gasteiger partial charge in [-0.3, -0.25) is 14.3 Å². The van der Waals surface area contributed by atoms with Crippen LogP contribution in [0.5, 0.6) is 5.75 Å². The Hall–Kier alpha value is -2.87. The number of carbonyl (C=O) groups is 2. The summed E-state index contributed by atoms with van der Waals surface area (Å²) in [4.78, 5) is 22.6. The highest BCUT2D eigenvalue weighted by molar-refractivity contribution is 7.92. The zero-order valence-electron chi connectivity index (χ0n) is 14.0. The maximum absolute atomic E-state index is 12.6. The molecule has 2 aromatic carbocycles. The lowest BCUT2D eigenvalue weighted by molar-refractivity contribution is -0.114. The highest BCUT2D eigenvalue weighted by Gasteiger charge is 2.18. The van der Waals surface area contributed by atoms with Gasteiger partial charge >= 0.3 is 0 Å². The molecule has 0 bridgehead atoms. The van der Waals surface area contributed by atoms with Crippen LogP contribution >= 0.6 is 0 Å². The first kappa shape index (κ1) is 18.5. The summed E-state index contributed by atoms with van der Waals surface area (Å²) >= 11 is 0. The van der Waals surface area contributed by atoms with Crippen LogP contribution in [0.25, 0.3) is 0 Å². The molecular formula is C17H18N2O5S. The van der Waals surface area contributed by atoms with Gasteiger partial charge in [0, 0.05) is 18.2 Å². The molecule has 0 spiro atoms. The summed E-state index contributed by atoms with van der Waals surface area (Å²) in [6, 6.07) is 10.3. The van der Waals surface area contributed by atoms with E-state index in [9.17, 15) is 18.0 Å². The van der Waals surface area contributed by atoms with Gasteiger partial charge in [-0.1, -0.05) is 12.1 Å². The van der Waals surface area contributed by atoms with Gasteiger partial charge in [0.25, 0.3) is 10.0 Å². The number of hydrogen-bond donors (Lipinski definition) is 2. The largest absolute Gasteiger partial charge is 0.495 e. The molecule has 2 N–H and O–H groups in total. The number of benzene rings is 2. The van der Waals surface area contributed by atoms with Crippen molar-refractivity contribution >= 4 is 33.1 Å². The van der Waals surface area contributed by atoms with Crippen LogP contribution in [0.15, 0.2) is 47.4 Å². The molecule has 0 saturated heterocycles. The van der Waals surface area contributed by atoms with Crippen molar-refractivity contribution in [3.63, 3.8) is 0 Å². The molecule has 25 heavy (non-hydrogen) atoms. The average Bonchev–Trinajstić information content (AvgIpc) is 2.54. The van der Waals surface area contributed by atoms with E-state index in [0.29, 0.717) is 17.0 Å². The smallest absolute Gasteiger partial charge is 0.262 e. The first-order valence-corrected chi connectivity index (χ1v) is 8.80. The Balaban J connectivity index is 2.41. The molecule has 132 valence electrons. The number of hydrogen-bond acceptors (Lipinski definition) is 5. The van der Waals surface area contributed by atoms with Crippen LogP contribution in [0.3, 0.4) is 0 Å². The number of amides is 1. The van der Waals surface area contributed by atoms with E-state index < -0.39 is 10.0 Å². The van der Waals surface area contributed by atoms with Crippen molar-refractivity contribution < 1.29 is 22.7 Å². The minimum absolute atomic E-state index is 0.0489. The van der Waals surface area contributed by atoms with E-state index in [2.05, 4.69) is 10.0 Å². The molecular weight excluding hydrogens is 344 g/mol. The minimum atomic E-state index is -3.94. The van der Waals surface area contributed by atoms with Gasteiger partial charge in [0.2, 0.25) is 5.91 Å². The Bertz CT molecular complexity index is 922. The fourth-order valence-electron chi connectivity index (χ4n) is 2.15. The number of nitrogens with one attached hydrogen (secondary N) is 2. The molecule has 0 aliphatic carbocycles. The molecule has 8 heteroatoms. The third-order valence-corrected chi connectivity index (χ3v) is 4.68. The molecule has 0 radical (unpaired) electrons. The standard InChI is InChI=1S/C17H18N2O5S/c1-11(20)13-5-4-6-15(9-13)25(22,23)19-16-10-14(18-12(2)21)7-8-17(16)24-3/h4-10,19H,1-3H3,(H,18,21). The summed E-state index contributed by atoms with van der Waals surface area (Å²) in [7, 11) is -2.54. The summed E-state index contributed by atoms with van der Waals surface area (Å²) < 4.78 is 32.8. The summed E-state index contributed by atoms with van der Waals surface area (Å²) in [5, 5.41) is 2.57. The molecule has 2 rings (SSSR count). The summed E-state index contributed by atoms with van der Waals surface area (Å²) in [6.45, 7) is 2.71. The summed E-state index contributed by atoms with van der Waals surface area (Å²) in [5.74, 6) is -0.226. The van der Waals surface area contributed by atoms with Crippen molar-refractivity contribution in [2.75, 3.05) is 17.1 Å². The molecule has 7 nitrogen and oxygen atoms in total. The molecule has 0 atom stereocenters. The quantitative estimate of drug-likeness (QED) is 0.769. The first-order valence-electron chi connectivity index (χ1n) is 7.32. The van der Waals surface area contributed by atoms with Crippen molar-refractivity contribution in [1.29, 1.82) is 0 Å². The number of carbonyl (C=O) groups excluding carboxylic acids is 2. The number of Topliss-reactive ketones (excluding diaryl/α,β-unsaturated/α-hetero) is 1. The Labute approximate surface area is 146 Å². The third-order valence-electron chi connectivity index (χ3n) is 3.32. The van der Waals surface area contributed by atoms with Crippen molar-refractivity contribution in [3.05, 3.63) is 48.0 Å². The lowest BCUT2D eigenvalue weighted by atomic mass is 10.2. The van der Waals surface area contributed by atoms with Crippen molar-refractivity contribution in [1.82, 2.24) is 0 Å². The predicted molar refractivity (Wildman–Crippen MR) is 94.6 cm³/mol. The molecule has 2 aromatic rings. The normalized spacial score (nSPS) is 10.8. The zero-order chi connectivity index (χ0) is 18.6. The molecule has 0 fully saturated rings. The lowest BCUT2D eigenvalue weighted by Crippen LogP contribution is -2.15. The van der Waals surface area contributed by atoms with E-state index in [0.717, 1.165) is 0 Å². The number of methoxy groups -OCH3 is 1. The van der Waals surface area contributed by atoms with Gasteiger partial charge < -0.3 is 10.1 Å². The van der Waals surface area contributed by atoms with Crippen LogP contribution in [-0.2, 0) is 14.8 Å². The predicted octanol–water partition coefficient (Wildman–Crippen LogP) is 2.66. The molecule has 0 aliphatic rings. The summed E-state index contributed by atoms with van der Waals surface area (Å²) in [6.07, 6.45) is 0. The fourth-order valence-corrected chi connectivity index (χ4v) is 3.26. The van der Waals surface area contributed by atoms with Crippen LogP contribution in [0.4, 0.5) is 11.4 Å². The maximum Gasteiger partial charge on any atom is 0.262 e. The molecule has 0 saturated carbocycles. The molecule has 0 unspecified atom stereocenters. The Morgan fingerprint density at radius 3 is 2.36 bits per heavy atom. The van der Waals surface area contributed by atoms with Gasteiger partial charge in [-0.25, -0.2) is 8.42 Å². The number of ketones is 1. The van der Waals surface area contributed by atoms with Gasteiger partial charge in [-0.15, -0.1) is 0 Å².